The third-order valence-corrected chi connectivity index (χ3v) is 4.35. The number of hydrogen-bond donors (Lipinski definition) is 1. The Morgan fingerprint density at radius 3 is 2.75 bits per heavy atom. The van der Waals surface area contributed by atoms with Gasteiger partial charge in [0, 0.05) is 11.6 Å². The van der Waals surface area contributed by atoms with Crippen LogP contribution >= 0.6 is 0 Å². The lowest BCUT2D eigenvalue weighted by Crippen LogP contribution is -2.36. The maximum Gasteiger partial charge on any atom is 0.176 e. The molecule has 0 bridgehead atoms. The zero-order valence-electron chi connectivity index (χ0n) is 12.3. The minimum atomic E-state index is -0.259. The maximum absolute atomic E-state index is 12.4. The number of ketones is 1. The average Bonchev–Trinajstić information content (AvgIpc) is 2.34. The van der Waals surface area contributed by atoms with Gasteiger partial charge in [-0.2, -0.15) is 0 Å². The standard InChI is InChI=1S/C16H20O4/c1-8-9(2)19-15-10-5-6-16(3,4)20-12(10)7-11(17)13(15)14(8)18/h7-9,17H,5-6H2,1-4H3. The van der Waals surface area contributed by atoms with Gasteiger partial charge in [0.1, 0.15) is 34.5 Å². The third kappa shape index (κ3) is 1.86. The van der Waals surface area contributed by atoms with Crippen molar-refractivity contribution in [2.45, 2.75) is 52.2 Å². The van der Waals surface area contributed by atoms with Crippen LogP contribution in [0.1, 0.15) is 50.0 Å². The summed E-state index contributed by atoms with van der Waals surface area (Å²) in [4.78, 5) is 12.4. The SMILES string of the molecule is CC1Oc2c3c(cc(O)c2C(=O)C1C)OC(C)(C)CC3. The quantitative estimate of drug-likeness (QED) is 0.791. The number of carbonyl (C=O) groups excluding carboxylic acids is 1. The molecule has 2 atom stereocenters. The first-order chi connectivity index (χ1) is 9.30. The second kappa shape index (κ2) is 4.14. The van der Waals surface area contributed by atoms with E-state index in [1.807, 2.05) is 27.7 Å². The Morgan fingerprint density at radius 1 is 1.35 bits per heavy atom. The maximum atomic E-state index is 12.4. The predicted octanol–water partition coefficient (Wildman–Crippen LogP) is 3.10. The van der Waals surface area contributed by atoms with Crippen LogP contribution < -0.4 is 9.47 Å². The Kier molecular flexibility index (Phi) is 2.75. The molecular formula is C16H20O4. The van der Waals surface area contributed by atoms with E-state index in [1.54, 1.807) is 6.07 Å². The largest absolute Gasteiger partial charge is 0.507 e. The van der Waals surface area contributed by atoms with E-state index in [2.05, 4.69) is 0 Å². The van der Waals surface area contributed by atoms with Gasteiger partial charge in [-0.3, -0.25) is 4.79 Å². The van der Waals surface area contributed by atoms with Gasteiger partial charge in [-0.05, 0) is 33.6 Å². The summed E-state index contributed by atoms with van der Waals surface area (Å²) in [6.45, 7) is 7.75. The van der Waals surface area contributed by atoms with Crippen LogP contribution in [0.15, 0.2) is 6.07 Å². The lowest BCUT2D eigenvalue weighted by atomic mass is 9.86. The van der Waals surface area contributed by atoms with Crippen LogP contribution in [0.25, 0.3) is 0 Å². The fourth-order valence-corrected chi connectivity index (χ4v) is 2.86. The second-order valence-corrected chi connectivity index (χ2v) is 6.41. The number of rotatable bonds is 0. The minimum Gasteiger partial charge on any atom is -0.507 e. The first kappa shape index (κ1) is 13.3. The summed E-state index contributed by atoms with van der Waals surface area (Å²) in [5.74, 6) is 0.814. The van der Waals surface area contributed by atoms with Crippen LogP contribution in [-0.2, 0) is 6.42 Å². The van der Waals surface area contributed by atoms with Crippen molar-refractivity contribution in [1.82, 2.24) is 0 Å². The Bertz CT molecular complexity index is 589. The highest BCUT2D eigenvalue weighted by molar-refractivity contribution is 6.04. The van der Waals surface area contributed by atoms with E-state index in [9.17, 15) is 9.90 Å². The van der Waals surface area contributed by atoms with Gasteiger partial charge in [0.2, 0.25) is 0 Å². The summed E-state index contributed by atoms with van der Waals surface area (Å²) in [7, 11) is 0. The molecule has 0 amide bonds. The summed E-state index contributed by atoms with van der Waals surface area (Å²) in [6.07, 6.45) is 1.47. The summed E-state index contributed by atoms with van der Waals surface area (Å²) in [6, 6.07) is 1.55. The van der Waals surface area contributed by atoms with Crippen LogP contribution in [0.5, 0.6) is 17.2 Å². The number of fused-ring (bicyclic) bond motifs is 3. The fourth-order valence-electron chi connectivity index (χ4n) is 2.86. The number of benzene rings is 1. The fraction of sp³-hybridized carbons (Fsp3) is 0.562. The van der Waals surface area contributed by atoms with E-state index in [-0.39, 0.29) is 29.2 Å². The number of hydrogen-bond acceptors (Lipinski definition) is 4. The molecule has 3 rings (SSSR count). The highest BCUT2D eigenvalue weighted by Crippen LogP contribution is 2.47. The second-order valence-electron chi connectivity index (χ2n) is 6.41. The molecule has 2 aliphatic heterocycles. The highest BCUT2D eigenvalue weighted by Gasteiger charge is 2.39. The predicted molar refractivity (Wildman–Crippen MR) is 74.7 cm³/mol. The molecule has 2 aliphatic rings. The Balaban J connectivity index is 2.17. The van der Waals surface area contributed by atoms with E-state index >= 15 is 0 Å². The molecule has 108 valence electrons. The molecular weight excluding hydrogens is 256 g/mol. The molecule has 20 heavy (non-hydrogen) atoms. The molecule has 1 N–H and O–H groups in total. The third-order valence-electron chi connectivity index (χ3n) is 4.35. The molecule has 2 unspecified atom stereocenters. The van der Waals surface area contributed by atoms with Crippen molar-refractivity contribution < 1.29 is 19.4 Å². The lowest BCUT2D eigenvalue weighted by molar-refractivity contribution is 0.0675. The van der Waals surface area contributed by atoms with E-state index in [4.69, 9.17) is 9.47 Å². The van der Waals surface area contributed by atoms with Crippen LogP contribution in [0.2, 0.25) is 0 Å². The molecule has 2 heterocycles. The Labute approximate surface area is 118 Å². The van der Waals surface area contributed by atoms with Gasteiger partial charge in [-0.15, -0.1) is 0 Å². The number of phenolic OH excluding ortho intramolecular Hbond substituents is 1. The number of phenols is 1. The van der Waals surface area contributed by atoms with Gasteiger partial charge in [0.25, 0.3) is 0 Å². The first-order valence-electron chi connectivity index (χ1n) is 7.09. The summed E-state index contributed by atoms with van der Waals surface area (Å²) in [5, 5.41) is 10.2. The lowest BCUT2D eigenvalue weighted by Gasteiger charge is -2.36. The Hall–Kier alpha value is -1.71. The molecule has 0 radical (unpaired) electrons. The van der Waals surface area contributed by atoms with Gasteiger partial charge < -0.3 is 14.6 Å². The van der Waals surface area contributed by atoms with Crippen LogP contribution in [0.4, 0.5) is 0 Å². The van der Waals surface area contributed by atoms with Gasteiger partial charge >= 0.3 is 0 Å². The smallest absolute Gasteiger partial charge is 0.176 e. The van der Waals surface area contributed by atoms with Crippen molar-refractivity contribution in [1.29, 1.82) is 0 Å². The molecule has 0 spiro atoms. The topological polar surface area (TPSA) is 55.8 Å². The molecule has 0 fully saturated rings. The van der Waals surface area contributed by atoms with Gasteiger partial charge in [0.15, 0.2) is 5.78 Å². The zero-order valence-corrected chi connectivity index (χ0v) is 12.3. The normalized spacial score (nSPS) is 27.1. The molecule has 4 heteroatoms. The van der Waals surface area contributed by atoms with Crippen molar-refractivity contribution in [3.63, 3.8) is 0 Å². The van der Waals surface area contributed by atoms with Crippen molar-refractivity contribution in [2.75, 3.05) is 0 Å². The molecule has 0 saturated heterocycles. The summed E-state index contributed by atoms with van der Waals surface area (Å²) >= 11 is 0. The van der Waals surface area contributed by atoms with Gasteiger partial charge in [0.05, 0.1) is 5.92 Å². The van der Waals surface area contributed by atoms with E-state index in [0.717, 1.165) is 18.4 Å². The molecule has 1 aromatic rings. The number of aromatic hydroxyl groups is 1. The number of Topliss-reactive ketones (excluding diaryl/α,β-unsaturated/α-hetero) is 1. The average molecular weight is 276 g/mol. The van der Waals surface area contributed by atoms with Gasteiger partial charge in [-0.25, -0.2) is 0 Å². The van der Waals surface area contributed by atoms with Crippen molar-refractivity contribution in [3.8, 4) is 17.2 Å². The molecule has 1 aromatic carbocycles. The molecule has 0 aromatic heterocycles. The highest BCUT2D eigenvalue weighted by atomic mass is 16.5. The van der Waals surface area contributed by atoms with Crippen molar-refractivity contribution in [2.24, 2.45) is 5.92 Å². The van der Waals surface area contributed by atoms with E-state index in [1.165, 1.54) is 0 Å². The number of carbonyl (C=O) groups is 1. The monoisotopic (exact) mass is 276 g/mol. The van der Waals surface area contributed by atoms with Crippen LogP contribution in [-0.4, -0.2) is 22.6 Å². The van der Waals surface area contributed by atoms with Crippen molar-refractivity contribution >= 4 is 5.78 Å². The summed E-state index contributed by atoms with van der Waals surface area (Å²) in [5.41, 5.74) is 0.965. The van der Waals surface area contributed by atoms with Gasteiger partial charge in [-0.1, -0.05) is 6.92 Å². The number of ether oxygens (including phenoxy) is 2. The zero-order chi connectivity index (χ0) is 14.7. The molecule has 0 aliphatic carbocycles. The molecule has 4 nitrogen and oxygen atoms in total. The molecule has 0 saturated carbocycles. The van der Waals surface area contributed by atoms with Crippen LogP contribution in [0, 0.1) is 5.92 Å². The Morgan fingerprint density at radius 2 is 2.05 bits per heavy atom. The van der Waals surface area contributed by atoms with E-state index < -0.39 is 0 Å². The van der Waals surface area contributed by atoms with E-state index in [0.29, 0.717) is 17.1 Å². The summed E-state index contributed by atoms with van der Waals surface area (Å²) < 4.78 is 11.8. The minimum absolute atomic E-state index is 0.0415. The van der Waals surface area contributed by atoms with Crippen molar-refractivity contribution in [3.05, 3.63) is 17.2 Å². The first-order valence-corrected chi connectivity index (χ1v) is 7.09. The van der Waals surface area contributed by atoms with Crippen LogP contribution in [0.3, 0.4) is 0 Å².